The van der Waals surface area contributed by atoms with Gasteiger partial charge in [0.2, 0.25) is 0 Å². The zero-order valence-electron chi connectivity index (χ0n) is 36.6. The fourth-order valence-corrected chi connectivity index (χ4v) is 11.1. The molecule has 0 unspecified atom stereocenters. The van der Waals surface area contributed by atoms with E-state index < -0.39 is 58.3 Å². The summed E-state index contributed by atoms with van der Waals surface area (Å²) in [6, 6.07) is 30.0. The van der Waals surface area contributed by atoms with Gasteiger partial charge in [-0.2, -0.15) is 0 Å². The van der Waals surface area contributed by atoms with Crippen LogP contribution in [0.1, 0.15) is 83.3 Å². The van der Waals surface area contributed by atoms with Gasteiger partial charge in [0.1, 0.15) is 23.2 Å². The van der Waals surface area contributed by atoms with Gasteiger partial charge in [-0.3, -0.25) is 19.2 Å². The summed E-state index contributed by atoms with van der Waals surface area (Å²) in [5.41, 5.74) is 0.925. The molecular weight excluding hydrogens is 969 g/mol. The Morgan fingerprint density at radius 2 is 0.778 bits per heavy atom. The number of hydrogen-bond acceptors (Lipinski definition) is 12. The molecule has 0 amide bonds. The van der Waals surface area contributed by atoms with Crippen LogP contribution < -0.4 is 0 Å². The summed E-state index contributed by atoms with van der Waals surface area (Å²) >= 11 is 2.01. The molecule has 12 rings (SSSR count). The highest BCUT2D eigenvalue weighted by Crippen LogP contribution is 2.43. The minimum atomic E-state index is -1.12. The van der Waals surface area contributed by atoms with Gasteiger partial charge in [0, 0.05) is 33.0 Å². The third kappa shape index (κ3) is 7.38. The van der Waals surface area contributed by atoms with Crippen LogP contribution in [-0.2, 0) is 22.7 Å². The Balaban J connectivity index is 1.03. The number of carbonyl (C=O) groups is 6. The van der Waals surface area contributed by atoms with Crippen molar-refractivity contribution in [2.75, 3.05) is 0 Å². The van der Waals surface area contributed by atoms with E-state index in [0.717, 1.165) is 46.9 Å². The minimum absolute atomic E-state index is 0.0115. The lowest BCUT2D eigenvalue weighted by Gasteiger charge is -2.10. The molecule has 0 saturated carbocycles. The molecule has 16 heteroatoms. The van der Waals surface area contributed by atoms with Crippen molar-refractivity contribution >= 4 is 123 Å². The molecule has 0 bridgehead atoms. The first kappa shape index (κ1) is 44.4. The molecule has 0 N–H and O–H groups in total. The van der Waals surface area contributed by atoms with E-state index in [4.69, 9.17) is 19.4 Å². The summed E-state index contributed by atoms with van der Waals surface area (Å²) in [4.78, 5) is 93.6. The highest BCUT2D eigenvalue weighted by atomic mass is 32.1. The summed E-state index contributed by atoms with van der Waals surface area (Å²) in [7, 11) is 0. The SMILES string of the molecule is O=C1C(=Cc2nc3c(C(=O)OCc4ccccc4)cc4c(cc(C(=O)OCc5ccccc5)c5nc(C=C6C(=O)c7cc8cc(F)c(F)cc8cc7C6=O)sc54)c3s2)C(=O)c2cc3cc(F)c(F)cc3cc21. The summed E-state index contributed by atoms with van der Waals surface area (Å²) in [6.45, 7) is -0.235. The molecule has 0 atom stereocenters. The second-order valence-electron chi connectivity index (χ2n) is 17.0. The number of halogens is 4. The van der Waals surface area contributed by atoms with Crippen LogP contribution in [0.15, 0.2) is 132 Å². The number of nitrogens with zero attached hydrogens (tertiary/aromatic N) is 2. The summed E-state index contributed by atoms with van der Waals surface area (Å²) in [5.74, 6) is -8.78. The van der Waals surface area contributed by atoms with Gasteiger partial charge in [0.25, 0.3) is 0 Å². The van der Waals surface area contributed by atoms with Crippen LogP contribution >= 0.6 is 22.7 Å². The number of ether oxygens (including phenoxy) is 2. The molecule has 10 nitrogen and oxygen atoms in total. The van der Waals surface area contributed by atoms with Gasteiger partial charge >= 0.3 is 11.9 Å². The van der Waals surface area contributed by atoms with Crippen molar-refractivity contribution in [1.82, 2.24) is 9.97 Å². The number of thiazole rings is 2. The fourth-order valence-electron chi connectivity index (χ4n) is 9.03. The lowest BCUT2D eigenvalue weighted by atomic mass is 10.0. The third-order valence-corrected chi connectivity index (χ3v) is 14.6. The van der Waals surface area contributed by atoms with E-state index in [1.165, 1.54) is 48.6 Å². The number of esters is 2. The normalized spacial score (nSPS) is 13.3. The van der Waals surface area contributed by atoms with Crippen molar-refractivity contribution in [3.63, 3.8) is 0 Å². The van der Waals surface area contributed by atoms with Crippen molar-refractivity contribution in [3.05, 3.63) is 210 Å². The van der Waals surface area contributed by atoms with Gasteiger partial charge in [-0.25, -0.2) is 37.1 Å². The van der Waals surface area contributed by atoms with Gasteiger partial charge in [-0.05, 0) is 105 Å². The molecule has 2 aliphatic rings. The number of ketones is 4. The van der Waals surface area contributed by atoms with Crippen LogP contribution in [0.4, 0.5) is 17.6 Å². The number of fused-ring (bicyclic) bond motifs is 9. The second kappa shape index (κ2) is 16.9. The largest absolute Gasteiger partial charge is 0.457 e. The predicted octanol–water partition coefficient (Wildman–Crippen LogP) is 12.6. The van der Waals surface area contributed by atoms with Crippen molar-refractivity contribution in [1.29, 1.82) is 0 Å². The number of benzene rings is 8. The molecule has 0 radical (unpaired) electrons. The third-order valence-electron chi connectivity index (χ3n) is 12.5. The van der Waals surface area contributed by atoms with Crippen LogP contribution in [0, 0.1) is 23.3 Å². The van der Waals surface area contributed by atoms with Crippen molar-refractivity contribution < 1.29 is 55.8 Å². The first-order chi connectivity index (χ1) is 34.8. The van der Waals surface area contributed by atoms with E-state index in [2.05, 4.69) is 0 Å². The molecule has 348 valence electrons. The van der Waals surface area contributed by atoms with E-state index in [-0.39, 0.29) is 100 Å². The first-order valence-corrected chi connectivity index (χ1v) is 23.5. The lowest BCUT2D eigenvalue weighted by Crippen LogP contribution is -2.08. The number of aromatic nitrogens is 2. The van der Waals surface area contributed by atoms with E-state index in [1.54, 1.807) is 48.5 Å². The number of Topliss-reactive ketones (excluding diaryl/α,β-unsaturated/α-hetero) is 4. The molecule has 72 heavy (non-hydrogen) atoms. The zero-order chi connectivity index (χ0) is 49.7. The lowest BCUT2D eigenvalue weighted by molar-refractivity contribution is 0.0466. The summed E-state index contributed by atoms with van der Waals surface area (Å²) in [5, 5.41) is 1.82. The van der Waals surface area contributed by atoms with Crippen LogP contribution in [0.2, 0.25) is 0 Å². The van der Waals surface area contributed by atoms with Gasteiger partial charge in [-0.15, -0.1) is 22.7 Å². The molecule has 8 aromatic carbocycles. The highest BCUT2D eigenvalue weighted by molar-refractivity contribution is 7.21. The van der Waals surface area contributed by atoms with Crippen molar-refractivity contribution in [3.8, 4) is 0 Å². The zero-order valence-corrected chi connectivity index (χ0v) is 38.2. The van der Waals surface area contributed by atoms with E-state index in [0.29, 0.717) is 31.3 Å². The predicted molar refractivity (Wildman–Crippen MR) is 262 cm³/mol. The maximum absolute atomic E-state index is 14.3. The Kier molecular flexibility index (Phi) is 10.4. The number of carbonyl (C=O) groups excluding carboxylic acids is 6. The molecule has 0 aliphatic heterocycles. The molecule has 0 fully saturated rings. The minimum Gasteiger partial charge on any atom is -0.457 e. The molecule has 2 aliphatic carbocycles. The Hall–Kier alpha value is -8.86. The van der Waals surface area contributed by atoms with E-state index in [9.17, 15) is 46.3 Å². The van der Waals surface area contributed by atoms with Crippen LogP contribution in [0.3, 0.4) is 0 Å². The maximum atomic E-state index is 14.3. The Morgan fingerprint density at radius 3 is 1.10 bits per heavy atom. The summed E-state index contributed by atoms with van der Waals surface area (Å²) < 4.78 is 69.1. The van der Waals surface area contributed by atoms with Crippen molar-refractivity contribution in [2.45, 2.75) is 13.2 Å². The van der Waals surface area contributed by atoms with Crippen LogP contribution in [0.25, 0.3) is 64.9 Å². The van der Waals surface area contributed by atoms with Crippen LogP contribution in [0.5, 0.6) is 0 Å². The highest BCUT2D eigenvalue weighted by Gasteiger charge is 2.36. The van der Waals surface area contributed by atoms with Gasteiger partial charge in [0.15, 0.2) is 46.4 Å². The number of hydrogen-bond donors (Lipinski definition) is 0. The smallest absolute Gasteiger partial charge is 0.340 e. The topological polar surface area (TPSA) is 147 Å². The quantitative estimate of drug-likeness (QED) is 0.0624. The standard InChI is InChI=1S/C56H26F4N2O8S2/c57-41-15-27-11-31-32(12-28(27)16-42(41)58)50(64)39(49(31)63)21-45-61-47-37(55(67)69-23-25-7-3-1-4-8-25)19-35-36(53(47)71-45)20-38(56(68)70-24-26-9-5-2-6-10-26)48-54(35)72-46(62-48)22-40-51(65)33-13-29-17-43(59)44(60)18-30(29)14-34(33)52(40)66/h1-22H,23-24H2. The van der Waals surface area contributed by atoms with Crippen LogP contribution in [-0.4, -0.2) is 45.0 Å². The van der Waals surface area contributed by atoms with Gasteiger partial charge < -0.3 is 9.47 Å². The molecule has 10 aromatic rings. The van der Waals surface area contributed by atoms with Gasteiger partial charge in [-0.1, -0.05) is 60.7 Å². The number of allylic oxidation sites excluding steroid dienone is 2. The van der Waals surface area contributed by atoms with Gasteiger partial charge in [0.05, 0.1) is 42.7 Å². The Labute approximate surface area is 410 Å². The van der Waals surface area contributed by atoms with E-state index >= 15 is 0 Å². The Morgan fingerprint density at radius 1 is 0.458 bits per heavy atom. The molecule has 0 spiro atoms. The average Bonchev–Trinajstić information content (AvgIpc) is 4.12. The van der Waals surface area contributed by atoms with Crippen molar-refractivity contribution in [2.24, 2.45) is 0 Å². The number of rotatable bonds is 8. The van der Waals surface area contributed by atoms with E-state index in [1.807, 2.05) is 12.1 Å². The molecule has 2 aromatic heterocycles. The first-order valence-electron chi connectivity index (χ1n) is 21.9. The second-order valence-corrected chi connectivity index (χ2v) is 19.0. The fraction of sp³-hybridized carbons (Fsp3) is 0.0357. The monoisotopic (exact) mass is 994 g/mol. The molecule has 2 heterocycles. The Bertz CT molecular complexity index is 3830. The summed E-state index contributed by atoms with van der Waals surface area (Å²) in [6.07, 6.45) is 2.56. The molecule has 0 saturated heterocycles. The maximum Gasteiger partial charge on any atom is 0.340 e. The average molecular weight is 995 g/mol. The molecular formula is C56H26F4N2O8S2.